The fourth-order valence-electron chi connectivity index (χ4n) is 4.18. The molecule has 2 aromatic carbocycles. The maximum absolute atomic E-state index is 13.3. The van der Waals surface area contributed by atoms with E-state index in [2.05, 4.69) is 10.2 Å². The zero-order valence-electron chi connectivity index (χ0n) is 20.1. The van der Waals surface area contributed by atoms with E-state index in [1.54, 1.807) is 39.5 Å². The van der Waals surface area contributed by atoms with Gasteiger partial charge in [0.15, 0.2) is 11.5 Å². The summed E-state index contributed by atoms with van der Waals surface area (Å²) in [7, 11) is 4.81. The predicted octanol–water partition coefficient (Wildman–Crippen LogP) is 3.98. The van der Waals surface area contributed by atoms with Crippen LogP contribution in [0.3, 0.4) is 0 Å². The first-order chi connectivity index (χ1) is 17.0. The number of carbonyl (C=O) groups excluding carboxylic acids is 2. The van der Waals surface area contributed by atoms with E-state index in [1.807, 2.05) is 40.6 Å². The van der Waals surface area contributed by atoms with E-state index in [1.165, 1.54) is 11.3 Å². The molecule has 35 heavy (non-hydrogen) atoms. The maximum atomic E-state index is 13.3. The van der Waals surface area contributed by atoms with Gasteiger partial charge in [0.1, 0.15) is 0 Å². The van der Waals surface area contributed by atoms with Gasteiger partial charge in [-0.15, -0.1) is 11.3 Å². The molecule has 0 unspecified atom stereocenters. The fourth-order valence-corrected chi connectivity index (χ4v) is 4.80. The maximum Gasteiger partial charge on any atom is 0.265 e. The Labute approximate surface area is 209 Å². The van der Waals surface area contributed by atoms with E-state index in [4.69, 9.17) is 14.2 Å². The number of para-hydroxylation sites is 1. The Morgan fingerprint density at radius 1 is 0.886 bits per heavy atom. The van der Waals surface area contributed by atoms with Crippen LogP contribution < -0.4 is 19.5 Å². The molecule has 0 radical (unpaired) electrons. The van der Waals surface area contributed by atoms with Crippen molar-refractivity contribution in [2.45, 2.75) is 6.54 Å². The molecule has 1 aliphatic heterocycles. The van der Waals surface area contributed by atoms with Crippen molar-refractivity contribution in [2.75, 3.05) is 52.8 Å². The minimum atomic E-state index is -0.214. The molecule has 9 heteroatoms. The molecule has 2 amide bonds. The number of benzene rings is 2. The van der Waals surface area contributed by atoms with E-state index in [9.17, 15) is 9.59 Å². The fraction of sp³-hybridized carbons (Fsp3) is 0.308. The van der Waals surface area contributed by atoms with E-state index in [0.717, 1.165) is 5.56 Å². The number of anilines is 1. The summed E-state index contributed by atoms with van der Waals surface area (Å²) in [6.45, 7) is 3.27. The third-order valence-corrected chi connectivity index (χ3v) is 6.86. The van der Waals surface area contributed by atoms with Gasteiger partial charge in [-0.25, -0.2) is 0 Å². The molecule has 1 aromatic heterocycles. The molecule has 8 nitrogen and oxygen atoms in total. The summed E-state index contributed by atoms with van der Waals surface area (Å²) >= 11 is 1.36. The first-order valence-corrected chi connectivity index (χ1v) is 12.2. The molecule has 0 spiro atoms. The zero-order chi connectivity index (χ0) is 24.8. The van der Waals surface area contributed by atoms with Gasteiger partial charge in [-0.1, -0.05) is 24.3 Å². The van der Waals surface area contributed by atoms with Crippen molar-refractivity contribution < 1.29 is 23.8 Å². The summed E-state index contributed by atoms with van der Waals surface area (Å²) in [5.74, 6) is 1.54. The van der Waals surface area contributed by atoms with Crippen LogP contribution in [0.25, 0.3) is 0 Å². The number of nitrogens with one attached hydrogen (secondary N) is 1. The minimum absolute atomic E-state index is 0.0876. The van der Waals surface area contributed by atoms with Gasteiger partial charge in [0.05, 0.1) is 37.5 Å². The molecule has 3 aromatic rings. The molecule has 184 valence electrons. The summed E-state index contributed by atoms with van der Waals surface area (Å²) in [6, 6.07) is 14.6. The third-order valence-electron chi connectivity index (χ3n) is 5.99. The van der Waals surface area contributed by atoms with Crippen LogP contribution >= 0.6 is 11.3 Å². The molecular formula is C26H29N3O5S. The first-order valence-electron chi connectivity index (χ1n) is 11.3. The van der Waals surface area contributed by atoms with Crippen LogP contribution in [0.1, 0.15) is 25.6 Å². The standard InChI is InChI=1S/C26H29N3O5S/c1-32-21-11-10-18(23(33-2)24(21)34-3)17-28-12-14-29(15-13-28)26(31)19-7-4-5-8-20(19)27-25(30)22-9-6-16-35-22/h4-11,16H,12-15,17H2,1-3H3,(H,27,30). The molecule has 4 rings (SSSR count). The Kier molecular flexibility index (Phi) is 7.89. The van der Waals surface area contributed by atoms with Gasteiger partial charge in [-0.3, -0.25) is 14.5 Å². The Hall–Kier alpha value is -3.56. The van der Waals surface area contributed by atoms with Gasteiger partial charge in [-0.05, 0) is 29.6 Å². The Morgan fingerprint density at radius 3 is 2.29 bits per heavy atom. The Balaban J connectivity index is 1.41. The number of amides is 2. The van der Waals surface area contributed by atoms with Gasteiger partial charge >= 0.3 is 0 Å². The molecule has 1 fully saturated rings. The van der Waals surface area contributed by atoms with E-state index < -0.39 is 0 Å². The average Bonchev–Trinajstić information content (AvgIpc) is 3.44. The number of hydrogen-bond donors (Lipinski definition) is 1. The number of ether oxygens (including phenoxy) is 3. The molecule has 0 saturated carbocycles. The molecule has 1 N–H and O–H groups in total. The number of rotatable bonds is 8. The van der Waals surface area contributed by atoms with Crippen LogP contribution in [0.2, 0.25) is 0 Å². The second-order valence-electron chi connectivity index (χ2n) is 8.04. The van der Waals surface area contributed by atoms with Gasteiger partial charge in [-0.2, -0.15) is 0 Å². The van der Waals surface area contributed by atoms with Crippen molar-refractivity contribution in [3.05, 3.63) is 69.9 Å². The first kappa shape index (κ1) is 24.6. The predicted molar refractivity (Wildman–Crippen MR) is 136 cm³/mol. The van der Waals surface area contributed by atoms with E-state index in [0.29, 0.717) is 66.1 Å². The Bertz CT molecular complexity index is 1170. The highest BCUT2D eigenvalue weighted by molar-refractivity contribution is 7.12. The second kappa shape index (κ2) is 11.2. The van der Waals surface area contributed by atoms with Crippen LogP contribution in [-0.4, -0.2) is 69.1 Å². The van der Waals surface area contributed by atoms with Gasteiger partial charge in [0.2, 0.25) is 5.75 Å². The van der Waals surface area contributed by atoms with Crippen molar-refractivity contribution in [3.8, 4) is 17.2 Å². The molecule has 0 bridgehead atoms. The van der Waals surface area contributed by atoms with Crippen molar-refractivity contribution in [3.63, 3.8) is 0 Å². The molecule has 0 aliphatic carbocycles. The monoisotopic (exact) mass is 495 g/mol. The number of hydrogen-bond acceptors (Lipinski definition) is 7. The number of piperazine rings is 1. The lowest BCUT2D eigenvalue weighted by Crippen LogP contribution is -2.48. The summed E-state index contributed by atoms with van der Waals surface area (Å²) in [5.41, 5.74) is 2.01. The van der Waals surface area contributed by atoms with Crippen LogP contribution in [0.4, 0.5) is 5.69 Å². The quantitative estimate of drug-likeness (QED) is 0.509. The van der Waals surface area contributed by atoms with E-state index >= 15 is 0 Å². The van der Waals surface area contributed by atoms with Crippen LogP contribution in [0.5, 0.6) is 17.2 Å². The van der Waals surface area contributed by atoms with Crippen molar-refractivity contribution in [1.82, 2.24) is 9.80 Å². The highest BCUT2D eigenvalue weighted by atomic mass is 32.1. The van der Waals surface area contributed by atoms with E-state index in [-0.39, 0.29) is 11.8 Å². The smallest absolute Gasteiger partial charge is 0.265 e. The molecule has 1 saturated heterocycles. The highest BCUT2D eigenvalue weighted by Crippen LogP contribution is 2.40. The van der Waals surface area contributed by atoms with Gasteiger partial charge in [0, 0.05) is 38.3 Å². The lowest BCUT2D eigenvalue weighted by atomic mass is 10.1. The number of nitrogens with zero attached hydrogens (tertiary/aromatic N) is 2. The van der Waals surface area contributed by atoms with Crippen LogP contribution in [0, 0.1) is 0 Å². The van der Waals surface area contributed by atoms with Crippen LogP contribution in [-0.2, 0) is 6.54 Å². The van der Waals surface area contributed by atoms with Gasteiger partial charge in [0.25, 0.3) is 11.8 Å². The van der Waals surface area contributed by atoms with Crippen molar-refractivity contribution in [2.24, 2.45) is 0 Å². The normalized spacial score (nSPS) is 13.9. The minimum Gasteiger partial charge on any atom is -0.493 e. The average molecular weight is 496 g/mol. The largest absolute Gasteiger partial charge is 0.493 e. The molecule has 2 heterocycles. The summed E-state index contributed by atoms with van der Waals surface area (Å²) in [6.07, 6.45) is 0. The lowest BCUT2D eigenvalue weighted by molar-refractivity contribution is 0.0628. The molecule has 1 aliphatic rings. The second-order valence-corrected chi connectivity index (χ2v) is 8.99. The topological polar surface area (TPSA) is 80.3 Å². The van der Waals surface area contributed by atoms with Crippen molar-refractivity contribution in [1.29, 1.82) is 0 Å². The van der Waals surface area contributed by atoms with Gasteiger partial charge < -0.3 is 24.4 Å². The summed E-state index contributed by atoms with van der Waals surface area (Å²) in [5, 5.41) is 4.74. The number of methoxy groups -OCH3 is 3. The highest BCUT2D eigenvalue weighted by Gasteiger charge is 2.26. The number of thiophene rings is 1. The Morgan fingerprint density at radius 2 is 1.63 bits per heavy atom. The molecular weight excluding hydrogens is 466 g/mol. The third kappa shape index (κ3) is 5.41. The zero-order valence-corrected chi connectivity index (χ0v) is 20.9. The SMILES string of the molecule is COc1ccc(CN2CCN(C(=O)c3ccccc3NC(=O)c3cccs3)CC2)c(OC)c1OC. The number of carbonyl (C=O) groups is 2. The van der Waals surface area contributed by atoms with Crippen LogP contribution in [0.15, 0.2) is 53.9 Å². The summed E-state index contributed by atoms with van der Waals surface area (Å²) in [4.78, 5) is 30.5. The molecule has 0 atom stereocenters. The van der Waals surface area contributed by atoms with Crippen molar-refractivity contribution >= 4 is 28.8 Å². The summed E-state index contributed by atoms with van der Waals surface area (Å²) < 4.78 is 16.5. The lowest BCUT2D eigenvalue weighted by Gasteiger charge is -2.35.